The smallest absolute Gasteiger partial charge is 0.132 e. The van der Waals surface area contributed by atoms with E-state index >= 15 is 0 Å². The van der Waals surface area contributed by atoms with Crippen LogP contribution in [-0.2, 0) is 0 Å². The monoisotopic (exact) mass is 273 g/mol. The molecule has 0 aliphatic heterocycles. The second-order valence-electron chi connectivity index (χ2n) is 4.23. The summed E-state index contributed by atoms with van der Waals surface area (Å²) in [5.41, 5.74) is 1.33. The average Bonchev–Trinajstić information content (AvgIpc) is 2.48. The Bertz CT molecular complexity index is 501. The summed E-state index contributed by atoms with van der Waals surface area (Å²) >= 11 is 1.83. The third-order valence-electron chi connectivity index (χ3n) is 2.90. The molecular formula is C16H19NOS. The zero-order valence-corrected chi connectivity index (χ0v) is 12.1. The molecule has 0 radical (unpaired) electrons. The van der Waals surface area contributed by atoms with Crippen LogP contribution in [0.2, 0.25) is 0 Å². The molecule has 0 amide bonds. The van der Waals surface area contributed by atoms with Crippen molar-refractivity contribution in [1.82, 2.24) is 5.32 Å². The lowest BCUT2D eigenvalue weighted by Gasteiger charge is -2.18. The maximum Gasteiger partial charge on any atom is 0.132 e. The number of thioether (sulfide) groups is 1. The second-order valence-corrected chi connectivity index (χ2v) is 5.47. The van der Waals surface area contributed by atoms with Gasteiger partial charge in [-0.3, -0.25) is 0 Å². The van der Waals surface area contributed by atoms with Crippen LogP contribution in [0.25, 0.3) is 0 Å². The van der Waals surface area contributed by atoms with Gasteiger partial charge in [-0.2, -0.15) is 0 Å². The highest BCUT2D eigenvalue weighted by molar-refractivity contribution is 7.99. The third kappa shape index (κ3) is 3.75. The third-order valence-corrected chi connectivity index (χ3v) is 4.21. The van der Waals surface area contributed by atoms with Crippen molar-refractivity contribution >= 4 is 11.8 Å². The van der Waals surface area contributed by atoms with Crippen LogP contribution in [0.4, 0.5) is 0 Å². The van der Waals surface area contributed by atoms with Gasteiger partial charge in [0.2, 0.25) is 0 Å². The van der Waals surface area contributed by atoms with Gasteiger partial charge < -0.3 is 10.1 Å². The maximum atomic E-state index is 5.42. The Hall–Kier alpha value is -1.45. The van der Waals surface area contributed by atoms with Crippen molar-refractivity contribution in [1.29, 1.82) is 0 Å². The highest BCUT2D eigenvalue weighted by Gasteiger charge is 2.14. The van der Waals surface area contributed by atoms with E-state index < -0.39 is 0 Å². The van der Waals surface area contributed by atoms with Crippen LogP contribution in [0.15, 0.2) is 59.5 Å². The zero-order valence-electron chi connectivity index (χ0n) is 11.3. The van der Waals surface area contributed by atoms with Gasteiger partial charge >= 0.3 is 0 Å². The molecule has 3 heteroatoms. The van der Waals surface area contributed by atoms with Gasteiger partial charge in [0, 0.05) is 16.7 Å². The van der Waals surface area contributed by atoms with E-state index in [4.69, 9.17) is 4.74 Å². The van der Waals surface area contributed by atoms with Crippen molar-refractivity contribution in [3.8, 4) is 5.75 Å². The number of hydrogen-bond acceptors (Lipinski definition) is 3. The van der Waals surface area contributed by atoms with Gasteiger partial charge in [-0.15, -0.1) is 11.8 Å². The minimum atomic E-state index is 0.377. The zero-order chi connectivity index (χ0) is 13.5. The minimum absolute atomic E-state index is 0.377. The molecule has 2 rings (SSSR count). The summed E-state index contributed by atoms with van der Waals surface area (Å²) in [5.74, 6) is 0.935. The molecule has 2 aromatic rings. The predicted octanol–water partition coefficient (Wildman–Crippen LogP) is 3.75. The molecule has 0 saturated heterocycles. The summed E-state index contributed by atoms with van der Waals surface area (Å²) in [6.07, 6.45) is 0. The maximum absolute atomic E-state index is 5.42. The Labute approximate surface area is 119 Å². The number of nitrogens with one attached hydrogen (secondary N) is 1. The van der Waals surface area contributed by atoms with Crippen LogP contribution >= 0.6 is 11.8 Å². The molecule has 0 fully saturated rings. The highest BCUT2D eigenvalue weighted by Crippen LogP contribution is 2.39. The molecule has 2 nitrogen and oxygen atoms in total. The summed E-state index contributed by atoms with van der Waals surface area (Å²) < 4.78 is 5.42. The number of hydrogen-bond donors (Lipinski definition) is 1. The fourth-order valence-electron chi connectivity index (χ4n) is 1.95. The molecule has 0 aliphatic carbocycles. The lowest BCUT2D eigenvalue weighted by Crippen LogP contribution is -2.14. The molecule has 19 heavy (non-hydrogen) atoms. The van der Waals surface area contributed by atoms with E-state index in [9.17, 15) is 0 Å². The molecule has 1 atom stereocenters. The SMILES string of the molecule is CNCC(Sc1ccccc1OC)c1ccccc1. The largest absolute Gasteiger partial charge is 0.496 e. The van der Waals surface area contributed by atoms with E-state index in [1.165, 1.54) is 10.5 Å². The van der Waals surface area contributed by atoms with E-state index in [0.717, 1.165) is 12.3 Å². The summed E-state index contributed by atoms with van der Waals surface area (Å²) in [7, 11) is 3.70. The first kappa shape index (κ1) is 14.0. The van der Waals surface area contributed by atoms with E-state index in [-0.39, 0.29) is 0 Å². The van der Waals surface area contributed by atoms with Gasteiger partial charge in [0.15, 0.2) is 0 Å². The number of benzene rings is 2. The molecule has 1 N–H and O–H groups in total. The topological polar surface area (TPSA) is 21.3 Å². The average molecular weight is 273 g/mol. The standard InChI is InChI=1S/C16H19NOS/c1-17-12-16(13-8-4-3-5-9-13)19-15-11-7-6-10-14(15)18-2/h3-11,16-17H,12H2,1-2H3. The lowest BCUT2D eigenvalue weighted by atomic mass is 10.1. The van der Waals surface area contributed by atoms with Crippen molar-refractivity contribution in [2.45, 2.75) is 10.1 Å². The summed E-state index contributed by atoms with van der Waals surface area (Å²) in [5, 5.41) is 3.64. The quantitative estimate of drug-likeness (QED) is 0.810. The molecule has 1 unspecified atom stereocenters. The molecule has 0 heterocycles. The first-order valence-electron chi connectivity index (χ1n) is 6.34. The van der Waals surface area contributed by atoms with Crippen LogP contribution in [0.5, 0.6) is 5.75 Å². The van der Waals surface area contributed by atoms with E-state index in [2.05, 4.69) is 35.6 Å². The summed E-state index contributed by atoms with van der Waals surface area (Å²) in [4.78, 5) is 1.18. The van der Waals surface area contributed by atoms with Gasteiger partial charge in [-0.05, 0) is 24.7 Å². The fraction of sp³-hybridized carbons (Fsp3) is 0.250. The van der Waals surface area contributed by atoms with E-state index in [0.29, 0.717) is 5.25 Å². The molecule has 0 bridgehead atoms. The fourth-order valence-corrected chi connectivity index (χ4v) is 3.22. The minimum Gasteiger partial charge on any atom is -0.496 e. The number of para-hydroxylation sites is 1. The van der Waals surface area contributed by atoms with Crippen LogP contribution in [0.3, 0.4) is 0 Å². The lowest BCUT2D eigenvalue weighted by molar-refractivity contribution is 0.404. The molecular weight excluding hydrogens is 254 g/mol. The Morgan fingerprint density at radius 2 is 1.74 bits per heavy atom. The number of ether oxygens (including phenoxy) is 1. The summed E-state index contributed by atoms with van der Waals surface area (Å²) in [6.45, 7) is 0.923. The van der Waals surface area contributed by atoms with Crippen LogP contribution in [0, 0.1) is 0 Å². The van der Waals surface area contributed by atoms with Gasteiger partial charge in [-0.25, -0.2) is 0 Å². The molecule has 0 spiro atoms. The van der Waals surface area contributed by atoms with Crippen molar-refractivity contribution < 1.29 is 4.74 Å². The highest BCUT2D eigenvalue weighted by atomic mass is 32.2. The Morgan fingerprint density at radius 3 is 2.42 bits per heavy atom. The molecule has 0 saturated carbocycles. The van der Waals surface area contributed by atoms with Crippen molar-refractivity contribution in [3.63, 3.8) is 0 Å². The van der Waals surface area contributed by atoms with Gasteiger partial charge in [0.05, 0.1) is 7.11 Å². The number of likely N-dealkylation sites (N-methyl/N-ethyl adjacent to an activating group) is 1. The number of methoxy groups -OCH3 is 1. The van der Waals surface area contributed by atoms with Crippen molar-refractivity contribution in [3.05, 3.63) is 60.2 Å². The van der Waals surface area contributed by atoms with Gasteiger partial charge in [-0.1, -0.05) is 42.5 Å². The first-order chi connectivity index (χ1) is 9.35. The van der Waals surface area contributed by atoms with Crippen LogP contribution in [0.1, 0.15) is 10.8 Å². The Balaban J connectivity index is 2.21. The van der Waals surface area contributed by atoms with E-state index in [1.807, 2.05) is 43.1 Å². The molecule has 0 aromatic heterocycles. The van der Waals surface area contributed by atoms with Gasteiger partial charge in [0.25, 0.3) is 0 Å². The van der Waals surface area contributed by atoms with Gasteiger partial charge in [0.1, 0.15) is 5.75 Å². The summed E-state index contributed by atoms with van der Waals surface area (Å²) in [6, 6.07) is 18.7. The Morgan fingerprint density at radius 1 is 1.05 bits per heavy atom. The second kappa shape index (κ2) is 7.22. The normalized spacial score (nSPS) is 12.1. The van der Waals surface area contributed by atoms with E-state index in [1.54, 1.807) is 7.11 Å². The molecule has 2 aromatic carbocycles. The Kier molecular flexibility index (Phi) is 5.31. The van der Waals surface area contributed by atoms with Crippen molar-refractivity contribution in [2.75, 3.05) is 20.7 Å². The first-order valence-corrected chi connectivity index (χ1v) is 7.22. The van der Waals surface area contributed by atoms with Crippen molar-refractivity contribution in [2.24, 2.45) is 0 Å². The van der Waals surface area contributed by atoms with Crippen LogP contribution < -0.4 is 10.1 Å². The van der Waals surface area contributed by atoms with Crippen LogP contribution in [-0.4, -0.2) is 20.7 Å². The molecule has 0 aliphatic rings. The number of rotatable bonds is 6. The predicted molar refractivity (Wildman–Crippen MR) is 82.0 cm³/mol. The molecule has 100 valence electrons.